The molecule has 1 aromatic heterocycles. The Balaban J connectivity index is 1.38. The van der Waals surface area contributed by atoms with Crippen LogP contribution in [0.15, 0.2) is 54.7 Å². The van der Waals surface area contributed by atoms with Crippen LogP contribution in [0.2, 0.25) is 0 Å². The minimum Gasteiger partial charge on any atom is -0.355 e. The Hall–Kier alpha value is -3.09. The highest BCUT2D eigenvalue weighted by atomic mass is 19.1. The molecule has 28 heavy (non-hydrogen) atoms. The molecule has 0 radical (unpaired) electrons. The molecule has 144 valence electrons. The minimum atomic E-state index is -0.698. The first-order chi connectivity index (χ1) is 13.7. The number of nitrogens with zero attached hydrogens (tertiary/aromatic N) is 4. The van der Waals surface area contributed by atoms with Gasteiger partial charge in [-0.05, 0) is 42.9 Å². The van der Waals surface area contributed by atoms with E-state index in [0.29, 0.717) is 11.7 Å². The lowest BCUT2D eigenvalue weighted by Gasteiger charge is -2.32. The summed E-state index contributed by atoms with van der Waals surface area (Å²) < 4.78 is 26.9. The highest BCUT2D eigenvalue weighted by Crippen LogP contribution is 2.25. The summed E-state index contributed by atoms with van der Waals surface area (Å²) in [5, 5.41) is 10.6. The molecular weight excluding hydrogens is 360 g/mol. The predicted molar refractivity (Wildman–Crippen MR) is 105 cm³/mol. The number of nitrogens with one attached hydrogen (secondary N) is 1. The van der Waals surface area contributed by atoms with Crippen molar-refractivity contribution in [3.8, 4) is 0 Å². The van der Waals surface area contributed by atoms with E-state index in [1.165, 1.54) is 17.7 Å². The topological polar surface area (TPSA) is 53.9 Å². The van der Waals surface area contributed by atoms with Crippen LogP contribution in [0.25, 0.3) is 0 Å². The van der Waals surface area contributed by atoms with Crippen LogP contribution in [0.5, 0.6) is 0 Å². The van der Waals surface area contributed by atoms with Crippen molar-refractivity contribution >= 4 is 17.5 Å². The molecule has 0 unspecified atom stereocenters. The summed E-state index contributed by atoms with van der Waals surface area (Å²) in [6.45, 7) is 1.78. The van der Waals surface area contributed by atoms with Gasteiger partial charge in [-0.3, -0.25) is 0 Å². The quantitative estimate of drug-likeness (QED) is 0.712. The van der Waals surface area contributed by atoms with Crippen LogP contribution >= 0.6 is 0 Å². The largest absolute Gasteiger partial charge is 0.355 e. The van der Waals surface area contributed by atoms with Crippen molar-refractivity contribution in [2.75, 3.05) is 23.3 Å². The second kappa shape index (κ2) is 8.29. The average molecular weight is 381 g/mol. The molecule has 1 aliphatic heterocycles. The van der Waals surface area contributed by atoms with Gasteiger partial charge in [0.05, 0.1) is 11.9 Å². The monoisotopic (exact) mass is 381 g/mol. The zero-order valence-electron chi connectivity index (χ0n) is 15.4. The number of hydrogen-bond acceptors (Lipinski definition) is 5. The third-order valence-electron chi connectivity index (χ3n) is 5.03. The first-order valence-corrected chi connectivity index (χ1v) is 9.38. The van der Waals surface area contributed by atoms with Crippen molar-refractivity contribution in [1.82, 2.24) is 15.2 Å². The van der Waals surface area contributed by atoms with E-state index in [1.807, 2.05) is 6.07 Å². The van der Waals surface area contributed by atoms with Crippen LogP contribution < -0.4 is 10.2 Å². The maximum Gasteiger partial charge on any atom is 0.249 e. The van der Waals surface area contributed by atoms with E-state index < -0.39 is 11.6 Å². The molecule has 7 heteroatoms. The summed E-state index contributed by atoms with van der Waals surface area (Å²) in [6, 6.07) is 13.9. The van der Waals surface area contributed by atoms with Crippen LogP contribution in [0.1, 0.15) is 18.4 Å². The lowest BCUT2D eigenvalue weighted by molar-refractivity contribution is 0.402. The first-order valence-electron chi connectivity index (χ1n) is 9.38. The third kappa shape index (κ3) is 4.42. The van der Waals surface area contributed by atoms with Gasteiger partial charge in [0, 0.05) is 19.2 Å². The van der Waals surface area contributed by atoms with Gasteiger partial charge in [0.1, 0.15) is 11.6 Å². The maximum absolute atomic E-state index is 13.8. The summed E-state index contributed by atoms with van der Waals surface area (Å²) in [5.41, 5.74) is 1.49. The fraction of sp³-hybridized carbons (Fsp3) is 0.286. The molecule has 3 aromatic rings. The Morgan fingerprint density at radius 2 is 1.82 bits per heavy atom. The second-order valence-electron chi connectivity index (χ2n) is 7.01. The highest BCUT2D eigenvalue weighted by Gasteiger charge is 2.21. The van der Waals surface area contributed by atoms with Gasteiger partial charge in [-0.1, -0.05) is 30.3 Å². The van der Waals surface area contributed by atoms with E-state index in [4.69, 9.17) is 0 Å². The Kier molecular flexibility index (Phi) is 5.41. The van der Waals surface area contributed by atoms with Gasteiger partial charge >= 0.3 is 0 Å². The van der Waals surface area contributed by atoms with Crippen molar-refractivity contribution in [1.29, 1.82) is 0 Å². The molecule has 0 atom stereocenters. The summed E-state index contributed by atoms with van der Waals surface area (Å²) in [4.78, 5) is 6.61. The van der Waals surface area contributed by atoms with Crippen LogP contribution in [0.3, 0.4) is 0 Å². The zero-order chi connectivity index (χ0) is 19.3. The number of anilines is 3. The number of benzene rings is 2. The van der Waals surface area contributed by atoms with E-state index in [9.17, 15) is 8.78 Å². The van der Waals surface area contributed by atoms with Crippen molar-refractivity contribution in [3.63, 3.8) is 0 Å². The molecule has 4 rings (SSSR count). The van der Waals surface area contributed by atoms with E-state index in [-0.39, 0.29) is 11.6 Å². The summed E-state index contributed by atoms with van der Waals surface area (Å²) in [6.07, 6.45) is 4.86. The van der Waals surface area contributed by atoms with Gasteiger partial charge in [-0.2, -0.15) is 10.1 Å². The standard InChI is InChI=1S/C21H21F2N5/c22-17-6-7-19(18(23)13-17)25-21-26-20(14-24-27-21)28-10-8-16(9-11-28)12-15-4-2-1-3-5-15/h1-7,13-14,16H,8-12H2,(H,25,26,27). The molecule has 1 aliphatic rings. The zero-order valence-corrected chi connectivity index (χ0v) is 15.4. The van der Waals surface area contributed by atoms with Crippen molar-refractivity contribution in [2.24, 2.45) is 5.92 Å². The summed E-state index contributed by atoms with van der Waals surface area (Å²) in [5.74, 6) is 0.219. The van der Waals surface area contributed by atoms with E-state index >= 15 is 0 Å². The Bertz CT molecular complexity index is 927. The number of piperidine rings is 1. The SMILES string of the molecule is Fc1ccc(Nc2nncc(N3CCC(Cc4ccccc4)CC3)n2)c(F)c1. The smallest absolute Gasteiger partial charge is 0.249 e. The molecule has 2 heterocycles. The molecule has 1 N–H and O–H groups in total. The Labute approximate surface area is 162 Å². The normalized spacial score (nSPS) is 14.9. The van der Waals surface area contributed by atoms with Crippen LogP contribution in [0.4, 0.5) is 26.2 Å². The molecule has 0 saturated carbocycles. The Morgan fingerprint density at radius 1 is 1.04 bits per heavy atom. The van der Waals surface area contributed by atoms with Crippen molar-refractivity contribution < 1.29 is 8.78 Å². The van der Waals surface area contributed by atoms with Crippen molar-refractivity contribution in [2.45, 2.75) is 19.3 Å². The highest BCUT2D eigenvalue weighted by molar-refractivity contribution is 5.55. The molecule has 1 fully saturated rings. The molecule has 0 spiro atoms. The van der Waals surface area contributed by atoms with E-state index in [2.05, 4.69) is 49.7 Å². The van der Waals surface area contributed by atoms with Gasteiger partial charge < -0.3 is 10.2 Å². The van der Waals surface area contributed by atoms with Gasteiger partial charge in [-0.25, -0.2) is 8.78 Å². The van der Waals surface area contributed by atoms with Gasteiger partial charge in [-0.15, -0.1) is 5.10 Å². The number of hydrogen-bond donors (Lipinski definition) is 1. The summed E-state index contributed by atoms with van der Waals surface area (Å²) >= 11 is 0. The minimum absolute atomic E-state index is 0.113. The number of rotatable bonds is 5. The summed E-state index contributed by atoms with van der Waals surface area (Å²) in [7, 11) is 0. The van der Waals surface area contributed by atoms with Gasteiger partial charge in [0.25, 0.3) is 0 Å². The molecule has 5 nitrogen and oxygen atoms in total. The fourth-order valence-electron chi connectivity index (χ4n) is 3.53. The fourth-order valence-corrected chi connectivity index (χ4v) is 3.53. The predicted octanol–water partition coefficient (Wildman–Crippen LogP) is 4.35. The van der Waals surface area contributed by atoms with E-state index in [0.717, 1.165) is 38.4 Å². The molecule has 1 saturated heterocycles. The molecule has 0 bridgehead atoms. The molecule has 0 aliphatic carbocycles. The Morgan fingerprint density at radius 3 is 2.57 bits per heavy atom. The van der Waals surface area contributed by atoms with Crippen molar-refractivity contribution in [3.05, 3.63) is 71.9 Å². The number of aromatic nitrogens is 3. The van der Waals surface area contributed by atoms with Crippen LogP contribution in [-0.4, -0.2) is 28.3 Å². The second-order valence-corrected chi connectivity index (χ2v) is 7.01. The van der Waals surface area contributed by atoms with Crippen LogP contribution in [-0.2, 0) is 6.42 Å². The molecular formula is C21H21F2N5. The number of halogens is 2. The van der Waals surface area contributed by atoms with E-state index in [1.54, 1.807) is 6.20 Å². The lowest BCUT2D eigenvalue weighted by atomic mass is 9.90. The molecule has 0 amide bonds. The lowest BCUT2D eigenvalue weighted by Crippen LogP contribution is -2.35. The van der Waals surface area contributed by atoms with Gasteiger partial charge in [0.2, 0.25) is 5.95 Å². The van der Waals surface area contributed by atoms with Crippen LogP contribution in [0, 0.1) is 17.6 Å². The van der Waals surface area contributed by atoms with Gasteiger partial charge in [0.15, 0.2) is 5.82 Å². The maximum atomic E-state index is 13.8. The molecule has 2 aromatic carbocycles. The average Bonchev–Trinajstić information content (AvgIpc) is 2.72. The third-order valence-corrected chi connectivity index (χ3v) is 5.03. The first kappa shape index (κ1) is 18.3.